The first-order valence-corrected chi connectivity index (χ1v) is 17.3. The number of sulfonamides is 1. The van der Waals surface area contributed by atoms with Gasteiger partial charge in [-0.3, -0.25) is 0 Å². The number of methoxy groups -OCH3 is 1. The molecule has 242 valence electrons. The van der Waals surface area contributed by atoms with E-state index in [1.165, 1.54) is 16.4 Å². The van der Waals surface area contributed by atoms with Crippen LogP contribution in [0, 0.1) is 5.82 Å². The lowest BCUT2D eigenvalue weighted by atomic mass is 10.0. The maximum atomic E-state index is 16.1. The maximum absolute atomic E-state index is 16.1. The van der Waals surface area contributed by atoms with Gasteiger partial charge in [0.15, 0.2) is 5.82 Å². The molecule has 0 radical (unpaired) electrons. The Hall–Kier alpha value is -4.03. The van der Waals surface area contributed by atoms with Gasteiger partial charge in [-0.05, 0) is 94.7 Å². The molecule has 0 spiro atoms. The van der Waals surface area contributed by atoms with Crippen LogP contribution in [0.15, 0.2) is 59.6 Å². The van der Waals surface area contributed by atoms with Crippen molar-refractivity contribution < 1.29 is 22.3 Å². The van der Waals surface area contributed by atoms with Gasteiger partial charge in [0.25, 0.3) is 0 Å². The molecule has 2 atom stereocenters. The number of nitrogens with zero attached hydrogens (tertiary/aromatic N) is 5. The van der Waals surface area contributed by atoms with Gasteiger partial charge < -0.3 is 14.8 Å². The van der Waals surface area contributed by atoms with Crippen molar-refractivity contribution in [3.63, 3.8) is 0 Å². The van der Waals surface area contributed by atoms with Gasteiger partial charge in [0.2, 0.25) is 15.9 Å². The average molecular weight is 647 g/mol. The zero-order chi connectivity index (χ0) is 32.2. The van der Waals surface area contributed by atoms with E-state index in [1.807, 2.05) is 49.7 Å². The second kappa shape index (κ2) is 11.6. The van der Waals surface area contributed by atoms with E-state index in [1.54, 1.807) is 25.4 Å². The van der Waals surface area contributed by atoms with Gasteiger partial charge in [-0.2, -0.15) is 14.5 Å². The summed E-state index contributed by atoms with van der Waals surface area (Å²) in [5, 5.41) is 16.6. The fraction of sp³-hybridized carbons (Fsp3) is 0.441. The molecule has 10 nitrogen and oxygen atoms in total. The van der Waals surface area contributed by atoms with E-state index in [2.05, 4.69) is 15.5 Å². The average Bonchev–Trinajstić information content (AvgIpc) is 3.51. The summed E-state index contributed by atoms with van der Waals surface area (Å²) < 4.78 is 57.5. The molecule has 1 N–H and O–H groups in total. The molecule has 2 fully saturated rings. The number of ether oxygens (including phenoxy) is 2. The lowest BCUT2D eigenvalue weighted by Gasteiger charge is -2.23. The molecule has 2 aromatic heterocycles. The third-order valence-electron chi connectivity index (χ3n) is 9.11. The van der Waals surface area contributed by atoms with E-state index in [0.29, 0.717) is 23.4 Å². The number of fused-ring (bicyclic) bond motifs is 1. The highest BCUT2D eigenvalue weighted by Gasteiger charge is 2.38. The molecule has 4 aromatic rings. The van der Waals surface area contributed by atoms with Gasteiger partial charge >= 0.3 is 0 Å². The molecule has 1 aliphatic heterocycles. The summed E-state index contributed by atoms with van der Waals surface area (Å²) in [6, 6.07) is 14.2. The highest BCUT2D eigenvalue weighted by Crippen LogP contribution is 2.45. The number of halogens is 1. The van der Waals surface area contributed by atoms with E-state index in [0.717, 1.165) is 48.9 Å². The Morgan fingerprint density at radius 2 is 1.78 bits per heavy atom. The van der Waals surface area contributed by atoms with Crippen molar-refractivity contribution in [1.82, 2.24) is 24.3 Å². The smallest absolute Gasteiger partial charge is 0.244 e. The van der Waals surface area contributed by atoms with E-state index in [4.69, 9.17) is 14.6 Å². The lowest BCUT2D eigenvalue weighted by molar-refractivity contribution is 0.195. The fourth-order valence-electron chi connectivity index (χ4n) is 6.50. The van der Waals surface area contributed by atoms with Crippen LogP contribution in [-0.2, 0) is 28.7 Å². The van der Waals surface area contributed by atoms with Crippen LogP contribution in [0.25, 0.3) is 0 Å². The van der Waals surface area contributed by atoms with Crippen LogP contribution in [0.3, 0.4) is 0 Å². The number of hydrogen-bond acceptors (Lipinski definition) is 8. The molecule has 2 aromatic carbocycles. The Morgan fingerprint density at radius 3 is 2.50 bits per heavy atom. The van der Waals surface area contributed by atoms with E-state index >= 15 is 4.39 Å². The maximum Gasteiger partial charge on any atom is 0.244 e. The third kappa shape index (κ3) is 5.84. The van der Waals surface area contributed by atoms with Gasteiger partial charge in [0.1, 0.15) is 17.7 Å². The molecule has 0 amide bonds. The largest absolute Gasteiger partial charge is 0.497 e. The summed E-state index contributed by atoms with van der Waals surface area (Å²) in [6.07, 6.45) is 6.68. The monoisotopic (exact) mass is 646 g/mol. The minimum absolute atomic E-state index is 0.000902. The molecule has 3 heterocycles. The van der Waals surface area contributed by atoms with Crippen molar-refractivity contribution >= 4 is 21.5 Å². The number of hydrogen-bond donors (Lipinski definition) is 1. The molecular formula is C34H39FN6O4S. The summed E-state index contributed by atoms with van der Waals surface area (Å²) in [7, 11) is -2.27. The number of rotatable bonds is 9. The SMILES string of the molecule is COc1ccc(CN2Cc3c(ccc(Nc4cc([C@H]5CC[C@@H](Oc6nnccc6C6CC6)C5)nn4C(C)(C)C)c3F)S2(=O)=O)cc1. The third-order valence-corrected chi connectivity index (χ3v) is 11.0. The van der Waals surface area contributed by atoms with E-state index in [9.17, 15) is 8.42 Å². The van der Waals surface area contributed by atoms with Crippen molar-refractivity contribution in [3.8, 4) is 11.6 Å². The van der Waals surface area contributed by atoms with Crippen molar-refractivity contribution in [2.45, 2.75) is 94.3 Å². The summed E-state index contributed by atoms with van der Waals surface area (Å²) in [5.74, 6) is 2.10. The Kier molecular flexibility index (Phi) is 7.75. The second-order valence-corrected chi connectivity index (χ2v) is 15.4. The number of aromatic nitrogens is 4. The molecule has 46 heavy (non-hydrogen) atoms. The quantitative estimate of drug-likeness (QED) is 0.216. The number of benzene rings is 2. The van der Waals surface area contributed by atoms with Crippen molar-refractivity contribution in [2.75, 3.05) is 12.4 Å². The van der Waals surface area contributed by atoms with Crippen LogP contribution >= 0.6 is 0 Å². The van der Waals surface area contributed by atoms with E-state index in [-0.39, 0.29) is 46.8 Å². The Morgan fingerprint density at radius 1 is 1.02 bits per heavy atom. The van der Waals surface area contributed by atoms with Crippen LogP contribution in [-0.4, -0.2) is 45.9 Å². The van der Waals surface area contributed by atoms with Crippen LogP contribution in [0.1, 0.15) is 87.1 Å². The van der Waals surface area contributed by atoms with Crippen LogP contribution in [0.4, 0.5) is 15.9 Å². The van der Waals surface area contributed by atoms with Gasteiger partial charge in [0, 0.05) is 36.2 Å². The first kappa shape index (κ1) is 30.6. The topological polar surface area (TPSA) is 111 Å². The van der Waals surface area contributed by atoms with Gasteiger partial charge in [-0.1, -0.05) is 12.1 Å². The van der Waals surface area contributed by atoms with Crippen LogP contribution in [0.2, 0.25) is 0 Å². The molecule has 2 saturated carbocycles. The molecule has 0 saturated heterocycles. The highest BCUT2D eigenvalue weighted by molar-refractivity contribution is 7.89. The fourth-order valence-corrected chi connectivity index (χ4v) is 8.10. The minimum atomic E-state index is -3.85. The molecule has 2 aliphatic carbocycles. The number of anilines is 2. The Balaban J connectivity index is 1.10. The molecule has 12 heteroatoms. The summed E-state index contributed by atoms with van der Waals surface area (Å²) in [5.41, 5.74) is 2.83. The van der Waals surface area contributed by atoms with E-state index < -0.39 is 15.8 Å². The van der Waals surface area contributed by atoms with Crippen LogP contribution < -0.4 is 14.8 Å². The Bertz CT molecular complexity index is 1870. The van der Waals surface area contributed by atoms with Gasteiger partial charge in [-0.15, -0.1) is 5.10 Å². The minimum Gasteiger partial charge on any atom is -0.497 e. The van der Waals surface area contributed by atoms with Gasteiger partial charge in [-0.25, -0.2) is 17.5 Å². The summed E-state index contributed by atoms with van der Waals surface area (Å²) >= 11 is 0. The zero-order valence-electron chi connectivity index (χ0n) is 26.5. The first-order valence-electron chi connectivity index (χ1n) is 15.8. The number of nitrogens with one attached hydrogen (secondary N) is 1. The highest BCUT2D eigenvalue weighted by atomic mass is 32.2. The predicted molar refractivity (Wildman–Crippen MR) is 171 cm³/mol. The molecular weight excluding hydrogens is 607 g/mol. The molecule has 3 aliphatic rings. The first-order chi connectivity index (χ1) is 22.0. The zero-order valence-corrected chi connectivity index (χ0v) is 27.3. The van der Waals surface area contributed by atoms with Gasteiger partial charge in [0.05, 0.1) is 35.1 Å². The molecule has 0 bridgehead atoms. The second-order valence-electron chi connectivity index (χ2n) is 13.5. The van der Waals surface area contributed by atoms with Crippen molar-refractivity contribution in [1.29, 1.82) is 0 Å². The molecule has 0 unspecified atom stereocenters. The standard InChI is InChI=1S/C34H39FN6O4S/c1-34(2,3)41-31(18-29(39-41)23-9-12-25(17-23)45-33-26(22-7-8-22)15-16-36-38-33)37-28-13-14-30-27(32(28)35)20-40(46(30,42)43)19-21-5-10-24(44-4)11-6-21/h5-6,10-11,13-16,18,22-23,25,37H,7-9,12,17,19-20H2,1-4H3/t23-,25+/m0/s1. The normalized spacial score (nSPS) is 20.9. The van der Waals surface area contributed by atoms with Crippen molar-refractivity contribution in [3.05, 3.63) is 82.9 Å². The Labute approximate surface area is 269 Å². The summed E-state index contributed by atoms with van der Waals surface area (Å²) in [6.45, 7) is 6.23. The van der Waals surface area contributed by atoms with Crippen LogP contribution in [0.5, 0.6) is 11.6 Å². The molecule has 7 rings (SSSR count). The van der Waals surface area contributed by atoms with Crippen molar-refractivity contribution in [2.24, 2.45) is 0 Å². The summed E-state index contributed by atoms with van der Waals surface area (Å²) in [4.78, 5) is -0.000902. The lowest BCUT2D eigenvalue weighted by Crippen LogP contribution is -2.25. The predicted octanol–water partition coefficient (Wildman–Crippen LogP) is 6.62.